The number of furan rings is 1. The van der Waals surface area contributed by atoms with Gasteiger partial charge in [0, 0.05) is 5.56 Å². The number of rotatable bonds is 8. The van der Waals surface area contributed by atoms with Crippen LogP contribution in [0.2, 0.25) is 0 Å². The quantitative estimate of drug-likeness (QED) is 0.246. The van der Waals surface area contributed by atoms with Gasteiger partial charge in [-0.3, -0.25) is 9.69 Å². The van der Waals surface area contributed by atoms with Gasteiger partial charge in [0.2, 0.25) is 0 Å². The molecule has 7 heteroatoms. The minimum absolute atomic E-state index is 0.202. The second-order valence-corrected chi connectivity index (χ2v) is 8.46. The first kappa shape index (κ1) is 21.7. The highest BCUT2D eigenvalue weighted by molar-refractivity contribution is 7.22. The van der Waals surface area contributed by atoms with E-state index in [-0.39, 0.29) is 12.5 Å². The Morgan fingerprint density at radius 3 is 2.59 bits per heavy atom. The van der Waals surface area contributed by atoms with E-state index >= 15 is 0 Å². The molecular weight excluding hydrogens is 448 g/mol. The summed E-state index contributed by atoms with van der Waals surface area (Å²) < 4.78 is 18.2. The van der Waals surface area contributed by atoms with Crippen molar-refractivity contribution in [2.24, 2.45) is 0 Å². The summed E-state index contributed by atoms with van der Waals surface area (Å²) >= 11 is 1.44. The third-order valence-electron chi connectivity index (χ3n) is 5.10. The monoisotopic (exact) mass is 470 g/mol. The van der Waals surface area contributed by atoms with E-state index in [0.29, 0.717) is 40.3 Å². The number of benzene rings is 3. The molecule has 0 bridgehead atoms. The lowest BCUT2D eigenvalue weighted by molar-refractivity contribution is 0.0983. The second-order valence-electron chi connectivity index (χ2n) is 7.45. The van der Waals surface area contributed by atoms with E-state index in [0.717, 1.165) is 10.2 Å². The number of para-hydroxylation sites is 2. The summed E-state index contributed by atoms with van der Waals surface area (Å²) in [5.41, 5.74) is 1.23. The molecule has 34 heavy (non-hydrogen) atoms. The van der Waals surface area contributed by atoms with Crippen molar-refractivity contribution in [3.63, 3.8) is 0 Å². The molecule has 0 saturated carbocycles. The first-order valence-electron chi connectivity index (χ1n) is 10.9. The van der Waals surface area contributed by atoms with Crippen LogP contribution >= 0.6 is 11.3 Å². The smallest absolute Gasteiger partial charge is 0.260 e. The summed E-state index contributed by atoms with van der Waals surface area (Å²) in [7, 11) is 0. The zero-order chi connectivity index (χ0) is 23.3. The molecule has 0 fully saturated rings. The highest BCUT2D eigenvalue weighted by atomic mass is 32.1. The van der Waals surface area contributed by atoms with Crippen LogP contribution in [0.5, 0.6) is 17.2 Å². The predicted molar refractivity (Wildman–Crippen MR) is 133 cm³/mol. The van der Waals surface area contributed by atoms with Gasteiger partial charge in [0.25, 0.3) is 5.91 Å². The molecule has 0 aliphatic rings. The van der Waals surface area contributed by atoms with Crippen molar-refractivity contribution in [3.05, 3.63) is 103 Å². The van der Waals surface area contributed by atoms with Crippen LogP contribution in [0.1, 0.15) is 23.0 Å². The van der Waals surface area contributed by atoms with Crippen LogP contribution in [0.15, 0.2) is 95.6 Å². The fraction of sp³-hybridized carbons (Fsp3) is 0.111. The average molecular weight is 471 g/mol. The van der Waals surface area contributed by atoms with Crippen molar-refractivity contribution in [1.29, 1.82) is 0 Å². The summed E-state index contributed by atoms with van der Waals surface area (Å²) in [6.45, 7) is 2.72. The zero-order valence-electron chi connectivity index (χ0n) is 18.5. The van der Waals surface area contributed by atoms with Crippen molar-refractivity contribution in [2.75, 3.05) is 11.5 Å². The van der Waals surface area contributed by atoms with Crippen molar-refractivity contribution in [2.45, 2.75) is 13.5 Å². The standard InChI is InChI=1S/C27H22N2O4S/c1-2-31-23-14-7-15-24-25(23)28-27(34-24)29(18-22-13-8-16-32-22)26(30)19-9-6-12-21(17-19)33-20-10-4-3-5-11-20/h3-17H,2,18H2,1H3. The first-order valence-corrected chi connectivity index (χ1v) is 11.7. The van der Waals surface area contributed by atoms with Crippen molar-refractivity contribution in [3.8, 4) is 17.2 Å². The average Bonchev–Trinajstić information content (AvgIpc) is 3.53. The molecule has 0 spiro atoms. The predicted octanol–water partition coefficient (Wildman–Crippen LogP) is 6.93. The van der Waals surface area contributed by atoms with Gasteiger partial charge in [-0.2, -0.15) is 0 Å². The van der Waals surface area contributed by atoms with Crippen molar-refractivity contribution >= 4 is 32.6 Å². The van der Waals surface area contributed by atoms with E-state index in [1.165, 1.54) is 11.3 Å². The number of carbonyl (C=O) groups is 1. The minimum Gasteiger partial charge on any atom is -0.492 e. The number of hydrogen-bond donors (Lipinski definition) is 0. The Balaban J connectivity index is 1.50. The Morgan fingerprint density at radius 2 is 1.79 bits per heavy atom. The first-order chi connectivity index (χ1) is 16.7. The number of fused-ring (bicyclic) bond motifs is 1. The van der Waals surface area contributed by atoms with Gasteiger partial charge >= 0.3 is 0 Å². The molecule has 0 aliphatic heterocycles. The molecule has 0 aliphatic carbocycles. The highest BCUT2D eigenvalue weighted by Gasteiger charge is 2.24. The normalized spacial score (nSPS) is 10.9. The van der Waals surface area contributed by atoms with E-state index in [1.807, 2.05) is 73.7 Å². The molecule has 0 atom stereocenters. The number of hydrogen-bond acceptors (Lipinski definition) is 6. The summed E-state index contributed by atoms with van der Waals surface area (Å²) in [5, 5.41) is 0.568. The van der Waals surface area contributed by atoms with E-state index in [4.69, 9.17) is 18.9 Å². The number of nitrogens with zero attached hydrogens (tertiary/aromatic N) is 2. The lowest BCUT2D eigenvalue weighted by atomic mass is 10.2. The van der Waals surface area contributed by atoms with Crippen LogP contribution in [0.4, 0.5) is 5.13 Å². The Hall–Kier alpha value is -4.10. The molecular formula is C27H22N2O4S. The fourth-order valence-electron chi connectivity index (χ4n) is 3.56. The SMILES string of the molecule is CCOc1cccc2sc(N(Cc3ccco3)C(=O)c3cccc(Oc4ccccc4)c3)nc12. The maximum atomic E-state index is 13.7. The second kappa shape index (κ2) is 9.80. The van der Waals surface area contributed by atoms with Gasteiger partial charge in [-0.15, -0.1) is 0 Å². The highest BCUT2D eigenvalue weighted by Crippen LogP contribution is 2.35. The summed E-state index contributed by atoms with van der Waals surface area (Å²) in [6.07, 6.45) is 1.60. The number of anilines is 1. The molecule has 5 rings (SSSR count). The maximum absolute atomic E-state index is 13.7. The van der Waals surface area contributed by atoms with Gasteiger partial charge in [-0.05, 0) is 61.5 Å². The molecule has 0 unspecified atom stereocenters. The van der Waals surface area contributed by atoms with Crippen LogP contribution in [0.25, 0.3) is 10.2 Å². The molecule has 0 N–H and O–H groups in total. The van der Waals surface area contributed by atoms with Crippen LogP contribution in [0.3, 0.4) is 0 Å². The van der Waals surface area contributed by atoms with E-state index in [9.17, 15) is 4.79 Å². The number of amides is 1. The van der Waals surface area contributed by atoms with Crippen molar-refractivity contribution in [1.82, 2.24) is 4.98 Å². The van der Waals surface area contributed by atoms with Gasteiger partial charge in [-0.25, -0.2) is 4.98 Å². The number of thiazole rings is 1. The molecule has 1 amide bonds. The molecule has 6 nitrogen and oxygen atoms in total. The summed E-state index contributed by atoms with van der Waals surface area (Å²) in [5.74, 6) is 2.44. The Morgan fingerprint density at radius 1 is 0.971 bits per heavy atom. The minimum atomic E-state index is -0.202. The lowest BCUT2D eigenvalue weighted by Crippen LogP contribution is -2.30. The largest absolute Gasteiger partial charge is 0.492 e. The molecule has 0 saturated heterocycles. The maximum Gasteiger partial charge on any atom is 0.260 e. The van der Waals surface area contributed by atoms with Gasteiger partial charge < -0.3 is 13.9 Å². The Kier molecular flexibility index (Phi) is 6.27. The zero-order valence-corrected chi connectivity index (χ0v) is 19.3. The van der Waals surface area contributed by atoms with E-state index in [2.05, 4.69) is 0 Å². The molecule has 2 heterocycles. The third kappa shape index (κ3) is 4.65. The topological polar surface area (TPSA) is 64.8 Å². The number of carbonyl (C=O) groups excluding carboxylic acids is 1. The van der Waals surface area contributed by atoms with Crippen LogP contribution in [0, 0.1) is 0 Å². The molecule has 3 aromatic carbocycles. The number of ether oxygens (including phenoxy) is 2. The van der Waals surface area contributed by atoms with Crippen molar-refractivity contribution < 1.29 is 18.7 Å². The van der Waals surface area contributed by atoms with Crippen LogP contribution in [-0.4, -0.2) is 17.5 Å². The Bertz CT molecular complexity index is 1400. The molecule has 2 aromatic heterocycles. The van der Waals surface area contributed by atoms with Crippen LogP contribution < -0.4 is 14.4 Å². The lowest BCUT2D eigenvalue weighted by Gasteiger charge is -2.19. The van der Waals surface area contributed by atoms with Gasteiger partial charge in [0.05, 0.1) is 24.1 Å². The van der Waals surface area contributed by atoms with Crippen LogP contribution in [-0.2, 0) is 6.54 Å². The fourth-order valence-corrected chi connectivity index (χ4v) is 4.54. The van der Waals surface area contributed by atoms with Gasteiger partial charge in [-0.1, -0.05) is 41.7 Å². The van der Waals surface area contributed by atoms with E-state index in [1.54, 1.807) is 29.4 Å². The third-order valence-corrected chi connectivity index (χ3v) is 6.14. The van der Waals surface area contributed by atoms with Gasteiger partial charge in [0.1, 0.15) is 28.5 Å². The molecule has 170 valence electrons. The summed E-state index contributed by atoms with van der Waals surface area (Å²) in [6, 6.07) is 26.0. The number of aromatic nitrogens is 1. The van der Waals surface area contributed by atoms with E-state index < -0.39 is 0 Å². The summed E-state index contributed by atoms with van der Waals surface area (Å²) in [4.78, 5) is 20.1. The molecule has 0 radical (unpaired) electrons. The Labute approximate surface area is 201 Å². The van der Waals surface area contributed by atoms with Gasteiger partial charge in [0.15, 0.2) is 5.13 Å². The molecule has 5 aromatic rings.